The van der Waals surface area contributed by atoms with E-state index in [1.54, 1.807) is 12.1 Å². The number of aliphatic imine (C=N–C) groups is 1. The monoisotopic (exact) mass is 212 g/mol. The van der Waals surface area contributed by atoms with Crippen molar-refractivity contribution in [2.24, 2.45) is 10.7 Å². The van der Waals surface area contributed by atoms with Gasteiger partial charge in [-0.2, -0.15) is 0 Å². The van der Waals surface area contributed by atoms with Crippen molar-refractivity contribution in [1.29, 1.82) is 0 Å². The lowest BCUT2D eigenvalue weighted by Crippen LogP contribution is -2.14. The summed E-state index contributed by atoms with van der Waals surface area (Å²) in [6.07, 6.45) is 1.35. The number of benzene rings is 1. The van der Waals surface area contributed by atoms with Crippen LogP contribution in [-0.4, -0.2) is 23.8 Å². The van der Waals surface area contributed by atoms with Crippen LogP contribution in [0.15, 0.2) is 23.2 Å². The SMILES string of the molecule is NC(=O)CN=Cc1cc(Cl)ccc1O. The van der Waals surface area contributed by atoms with Gasteiger partial charge in [0.15, 0.2) is 0 Å². The van der Waals surface area contributed by atoms with Gasteiger partial charge < -0.3 is 10.8 Å². The molecule has 0 saturated carbocycles. The second kappa shape index (κ2) is 4.62. The third kappa shape index (κ3) is 3.06. The molecule has 0 aliphatic heterocycles. The summed E-state index contributed by atoms with van der Waals surface area (Å²) in [5.74, 6) is -0.467. The van der Waals surface area contributed by atoms with E-state index < -0.39 is 5.91 Å². The van der Waals surface area contributed by atoms with Crippen LogP contribution in [0.3, 0.4) is 0 Å². The van der Waals surface area contributed by atoms with Crippen LogP contribution < -0.4 is 5.73 Å². The molecular weight excluding hydrogens is 204 g/mol. The van der Waals surface area contributed by atoms with Gasteiger partial charge in [-0.15, -0.1) is 0 Å². The molecule has 74 valence electrons. The van der Waals surface area contributed by atoms with Crippen molar-refractivity contribution >= 4 is 23.7 Å². The molecular formula is C9H9ClN2O2. The third-order valence-corrected chi connectivity index (χ3v) is 1.70. The molecule has 0 unspecified atom stereocenters. The van der Waals surface area contributed by atoms with Crippen LogP contribution in [0.25, 0.3) is 0 Å². The lowest BCUT2D eigenvalue weighted by atomic mass is 10.2. The molecule has 0 aliphatic carbocycles. The molecule has 0 aliphatic rings. The summed E-state index contributed by atoms with van der Waals surface area (Å²) in [6.45, 7) is -0.105. The van der Waals surface area contributed by atoms with E-state index in [1.807, 2.05) is 0 Å². The zero-order chi connectivity index (χ0) is 10.6. The molecule has 0 heterocycles. The second-order valence-corrected chi connectivity index (χ2v) is 3.08. The molecule has 1 aromatic carbocycles. The molecule has 5 heteroatoms. The summed E-state index contributed by atoms with van der Waals surface area (Å²) in [6, 6.07) is 4.55. The quantitative estimate of drug-likeness (QED) is 0.732. The molecule has 0 atom stereocenters. The predicted molar refractivity (Wildman–Crippen MR) is 54.8 cm³/mol. The number of nitrogens with zero attached hydrogens (tertiary/aromatic N) is 1. The van der Waals surface area contributed by atoms with Gasteiger partial charge in [-0.05, 0) is 18.2 Å². The van der Waals surface area contributed by atoms with Crippen molar-refractivity contribution in [1.82, 2.24) is 0 Å². The molecule has 0 saturated heterocycles. The lowest BCUT2D eigenvalue weighted by Gasteiger charge is -1.98. The van der Waals surface area contributed by atoms with E-state index in [4.69, 9.17) is 17.3 Å². The van der Waals surface area contributed by atoms with Crippen LogP contribution in [0.2, 0.25) is 5.02 Å². The standard InChI is InChI=1S/C9H9ClN2O2/c10-7-1-2-8(13)6(3-7)4-12-5-9(11)14/h1-4,13H,5H2,(H2,11,14). The van der Waals surface area contributed by atoms with Crippen molar-refractivity contribution in [3.63, 3.8) is 0 Å². The Morgan fingerprint density at radius 3 is 3.00 bits per heavy atom. The number of aromatic hydroxyl groups is 1. The molecule has 1 amide bonds. The van der Waals surface area contributed by atoms with Crippen molar-refractivity contribution in [3.8, 4) is 5.75 Å². The Morgan fingerprint density at radius 2 is 2.36 bits per heavy atom. The molecule has 1 rings (SSSR count). The first-order valence-corrected chi connectivity index (χ1v) is 4.24. The molecule has 4 nitrogen and oxygen atoms in total. The molecule has 0 radical (unpaired) electrons. The van der Waals surface area contributed by atoms with Gasteiger partial charge in [0, 0.05) is 16.8 Å². The minimum atomic E-state index is -0.525. The highest BCUT2D eigenvalue weighted by Gasteiger charge is 1.98. The van der Waals surface area contributed by atoms with E-state index in [0.717, 1.165) is 0 Å². The Morgan fingerprint density at radius 1 is 1.64 bits per heavy atom. The van der Waals surface area contributed by atoms with Gasteiger partial charge in [0.1, 0.15) is 12.3 Å². The van der Waals surface area contributed by atoms with E-state index in [2.05, 4.69) is 4.99 Å². The van der Waals surface area contributed by atoms with Crippen LogP contribution in [0.5, 0.6) is 5.75 Å². The van der Waals surface area contributed by atoms with Gasteiger partial charge in [0.2, 0.25) is 5.91 Å². The van der Waals surface area contributed by atoms with Crippen molar-refractivity contribution in [2.45, 2.75) is 0 Å². The van der Waals surface area contributed by atoms with E-state index in [0.29, 0.717) is 10.6 Å². The summed E-state index contributed by atoms with van der Waals surface area (Å²) in [4.78, 5) is 14.1. The van der Waals surface area contributed by atoms with E-state index in [9.17, 15) is 9.90 Å². The smallest absolute Gasteiger partial charge is 0.239 e. The van der Waals surface area contributed by atoms with E-state index in [-0.39, 0.29) is 12.3 Å². The Labute approximate surface area is 86.0 Å². The number of phenolic OH excluding ortho intramolecular Hbond substituents is 1. The first-order valence-electron chi connectivity index (χ1n) is 3.86. The molecule has 1 aromatic rings. The lowest BCUT2D eigenvalue weighted by molar-refractivity contribution is -0.116. The molecule has 0 fully saturated rings. The number of rotatable bonds is 3. The predicted octanol–water partition coefficient (Wildman–Crippen LogP) is 0.950. The summed E-state index contributed by atoms with van der Waals surface area (Å²) < 4.78 is 0. The van der Waals surface area contributed by atoms with Crippen molar-refractivity contribution < 1.29 is 9.90 Å². The summed E-state index contributed by atoms with van der Waals surface area (Å²) >= 11 is 5.69. The Balaban J connectivity index is 2.80. The van der Waals surface area contributed by atoms with Gasteiger partial charge in [0.05, 0.1) is 0 Å². The fourth-order valence-corrected chi connectivity index (χ4v) is 1.04. The molecule has 0 spiro atoms. The minimum absolute atomic E-state index is 0.0580. The number of phenols is 1. The highest BCUT2D eigenvalue weighted by molar-refractivity contribution is 6.30. The maximum atomic E-state index is 10.4. The third-order valence-electron chi connectivity index (χ3n) is 1.47. The maximum Gasteiger partial charge on any atom is 0.239 e. The number of amides is 1. The normalized spacial score (nSPS) is 10.6. The number of nitrogens with two attached hydrogens (primary N) is 1. The highest BCUT2D eigenvalue weighted by Crippen LogP contribution is 2.19. The van der Waals surface area contributed by atoms with Gasteiger partial charge in [-0.25, -0.2) is 0 Å². The number of carbonyl (C=O) groups excluding carboxylic acids is 1. The van der Waals surface area contributed by atoms with Crippen LogP contribution in [0.1, 0.15) is 5.56 Å². The zero-order valence-electron chi connectivity index (χ0n) is 7.27. The first kappa shape index (κ1) is 10.5. The largest absolute Gasteiger partial charge is 0.507 e. The van der Waals surface area contributed by atoms with Crippen LogP contribution in [0, 0.1) is 0 Å². The Kier molecular flexibility index (Phi) is 3.48. The van der Waals surface area contributed by atoms with Crippen LogP contribution in [0.4, 0.5) is 0 Å². The van der Waals surface area contributed by atoms with Gasteiger partial charge in [-0.1, -0.05) is 11.6 Å². The number of primary amides is 1. The highest BCUT2D eigenvalue weighted by atomic mass is 35.5. The first-order chi connectivity index (χ1) is 6.59. The number of hydrogen-bond donors (Lipinski definition) is 2. The average Bonchev–Trinajstić information content (AvgIpc) is 2.10. The topological polar surface area (TPSA) is 75.7 Å². The second-order valence-electron chi connectivity index (χ2n) is 2.64. The van der Waals surface area contributed by atoms with E-state index in [1.165, 1.54) is 12.3 Å². The van der Waals surface area contributed by atoms with Gasteiger partial charge in [-0.3, -0.25) is 9.79 Å². The summed E-state index contributed by atoms with van der Waals surface area (Å²) in [5.41, 5.74) is 5.34. The average molecular weight is 213 g/mol. The van der Waals surface area contributed by atoms with Crippen molar-refractivity contribution in [3.05, 3.63) is 28.8 Å². The Hall–Kier alpha value is -1.55. The summed E-state index contributed by atoms with van der Waals surface area (Å²) in [7, 11) is 0. The van der Waals surface area contributed by atoms with Gasteiger partial charge in [0.25, 0.3) is 0 Å². The number of hydrogen-bond acceptors (Lipinski definition) is 3. The maximum absolute atomic E-state index is 10.4. The molecule has 0 bridgehead atoms. The van der Waals surface area contributed by atoms with Gasteiger partial charge >= 0.3 is 0 Å². The molecule has 14 heavy (non-hydrogen) atoms. The molecule has 3 N–H and O–H groups in total. The fourth-order valence-electron chi connectivity index (χ4n) is 0.863. The fraction of sp³-hybridized carbons (Fsp3) is 0.111. The van der Waals surface area contributed by atoms with Crippen molar-refractivity contribution in [2.75, 3.05) is 6.54 Å². The number of carbonyl (C=O) groups is 1. The Bertz CT molecular complexity index is 377. The van der Waals surface area contributed by atoms with E-state index >= 15 is 0 Å². The van der Waals surface area contributed by atoms with Crippen LogP contribution in [-0.2, 0) is 4.79 Å². The molecule has 0 aromatic heterocycles. The summed E-state index contributed by atoms with van der Waals surface area (Å²) in [5, 5.41) is 9.82. The number of halogens is 1. The zero-order valence-corrected chi connectivity index (χ0v) is 8.03. The van der Waals surface area contributed by atoms with Crippen LogP contribution >= 0.6 is 11.6 Å². The minimum Gasteiger partial charge on any atom is -0.507 e.